The normalized spacial score (nSPS) is 12.6. The summed E-state index contributed by atoms with van der Waals surface area (Å²) in [7, 11) is 0. The van der Waals surface area contributed by atoms with Crippen molar-refractivity contribution in [1.29, 1.82) is 0 Å². The standard InChI is InChI=1S/C11H13BrF3NO/c1-10(2,17)6-16-7-3-4-9(12)8(5-7)11(13,14)15/h3-5,16-17H,6H2,1-2H3. The highest BCUT2D eigenvalue weighted by molar-refractivity contribution is 9.10. The zero-order valence-electron chi connectivity index (χ0n) is 9.40. The number of benzene rings is 1. The Morgan fingerprint density at radius 3 is 2.35 bits per heavy atom. The average Bonchev–Trinajstić information content (AvgIpc) is 2.13. The Balaban J connectivity index is 2.90. The van der Waals surface area contributed by atoms with Crippen molar-refractivity contribution in [1.82, 2.24) is 0 Å². The summed E-state index contributed by atoms with van der Waals surface area (Å²) < 4.78 is 37.8. The third-order valence-electron chi connectivity index (χ3n) is 2.00. The molecule has 0 fully saturated rings. The van der Waals surface area contributed by atoms with Crippen LogP contribution in [0.5, 0.6) is 0 Å². The summed E-state index contributed by atoms with van der Waals surface area (Å²) >= 11 is 2.86. The molecule has 0 spiro atoms. The first kappa shape index (κ1) is 14.3. The van der Waals surface area contributed by atoms with Crippen molar-refractivity contribution in [3.63, 3.8) is 0 Å². The molecule has 2 nitrogen and oxygen atoms in total. The van der Waals surface area contributed by atoms with E-state index in [9.17, 15) is 18.3 Å². The van der Waals surface area contributed by atoms with E-state index in [1.54, 1.807) is 13.8 Å². The lowest BCUT2D eigenvalue weighted by atomic mass is 10.1. The molecule has 0 bridgehead atoms. The molecule has 2 N–H and O–H groups in total. The lowest BCUT2D eigenvalue weighted by molar-refractivity contribution is -0.138. The lowest BCUT2D eigenvalue weighted by Gasteiger charge is -2.19. The molecule has 1 rings (SSSR count). The quantitative estimate of drug-likeness (QED) is 0.893. The molecule has 6 heteroatoms. The van der Waals surface area contributed by atoms with Gasteiger partial charge in [-0.2, -0.15) is 13.2 Å². The number of anilines is 1. The van der Waals surface area contributed by atoms with Crippen LogP contribution in [0, 0.1) is 0 Å². The molecule has 0 radical (unpaired) electrons. The van der Waals surface area contributed by atoms with Crippen LogP contribution in [0.3, 0.4) is 0 Å². The van der Waals surface area contributed by atoms with Gasteiger partial charge >= 0.3 is 6.18 Å². The Morgan fingerprint density at radius 2 is 1.88 bits per heavy atom. The van der Waals surface area contributed by atoms with Crippen molar-refractivity contribution >= 4 is 21.6 Å². The lowest BCUT2D eigenvalue weighted by Crippen LogP contribution is -2.29. The van der Waals surface area contributed by atoms with Crippen LogP contribution >= 0.6 is 15.9 Å². The smallest absolute Gasteiger partial charge is 0.389 e. The van der Waals surface area contributed by atoms with Crippen LogP contribution in [0.2, 0.25) is 0 Å². The number of nitrogens with one attached hydrogen (secondary N) is 1. The topological polar surface area (TPSA) is 32.3 Å². The van der Waals surface area contributed by atoms with Crippen LogP contribution in [0.4, 0.5) is 18.9 Å². The average molecular weight is 312 g/mol. The molecule has 0 aliphatic rings. The van der Waals surface area contributed by atoms with Gasteiger partial charge in [-0.3, -0.25) is 0 Å². The van der Waals surface area contributed by atoms with Crippen molar-refractivity contribution in [2.24, 2.45) is 0 Å². The number of aliphatic hydroxyl groups is 1. The SMILES string of the molecule is CC(C)(O)CNc1ccc(Br)c(C(F)(F)F)c1. The Bertz CT molecular complexity index is 399. The minimum atomic E-state index is -4.40. The molecule has 96 valence electrons. The molecule has 0 amide bonds. The summed E-state index contributed by atoms with van der Waals surface area (Å²) in [4.78, 5) is 0. The maximum atomic E-state index is 12.6. The predicted molar refractivity (Wildman–Crippen MR) is 63.9 cm³/mol. The largest absolute Gasteiger partial charge is 0.417 e. The van der Waals surface area contributed by atoms with Gasteiger partial charge < -0.3 is 10.4 Å². The molecule has 0 unspecified atom stereocenters. The van der Waals surface area contributed by atoms with Crippen molar-refractivity contribution < 1.29 is 18.3 Å². The molecular formula is C11H13BrF3NO. The molecule has 1 aromatic rings. The summed E-state index contributed by atoms with van der Waals surface area (Å²) in [6.45, 7) is 3.32. The summed E-state index contributed by atoms with van der Waals surface area (Å²) in [6.07, 6.45) is -4.40. The van der Waals surface area contributed by atoms with E-state index in [0.29, 0.717) is 5.69 Å². The van der Waals surface area contributed by atoms with E-state index in [0.717, 1.165) is 6.07 Å². The van der Waals surface area contributed by atoms with E-state index < -0.39 is 17.3 Å². The van der Waals surface area contributed by atoms with Crippen LogP contribution in [-0.2, 0) is 6.18 Å². The number of halogens is 4. The van der Waals surface area contributed by atoms with Gasteiger partial charge in [-0.25, -0.2) is 0 Å². The van der Waals surface area contributed by atoms with Crippen LogP contribution in [0.1, 0.15) is 19.4 Å². The summed E-state index contributed by atoms with van der Waals surface area (Å²) in [5.41, 5.74) is -1.40. The van der Waals surface area contributed by atoms with E-state index in [1.165, 1.54) is 12.1 Å². The second-order valence-electron chi connectivity index (χ2n) is 4.36. The van der Waals surface area contributed by atoms with E-state index in [1.807, 2.05) is 0 Å². The first-order valence-electron chi connectivity index (χ1n) is 4.92. The van der Waals surface area contributed by atoms with Gasteiger partial charge in [0, 0.05) is 16.7 Å². The molecule has 0 atom stereocenters. The van der Waals surface area contributed by atoms with Crippen LogP contribution in [-0.4, -0.2) is 17.3 Å². The third kappa shape index (κ3) is 4.55. The Hall–Kier alpha value is -0.750. The minimum Gasteiger partial charge on any atom is -0.389 e. The van der Waals surface area contributed by atoms with Gasteiger partial charge in [0.25, 0.3) is 0 Å². The van der Waals surface area contributed by atoms with Gasteiger partial charge in [0.1, 0.15) is 0 Å². The summed E-state index contributed by atoms with van der Waals surface area (Å²) in [5, 5.41) is 12.2. The third-order valence-corrected chi connectivity index (χ3v) is 2.69. The van der Waals surface area contributed by atoms with E-state index in [-0.39, 0.29) is 11.0 Å². The molecule has 0 aliphatic heterocycles. The number of rotatable bonds is 3. The van der Waals surface area contributed by atoms with Gasteiger partial charge in [0.2, 0.25) is 0 Å². The van der Waals surface area contributed by atoms with Crippen molar-refractivity contribution in [2.45, 2.75) is 25.6 Å². The molecule has 0 saturated carbocycles. The molecule has 0 saturated heterocycles. The zero-order valence-corrected chi connectivity index (χ0v) is 11.0. The molecule has 0 aliphatic carbocycles. The highest BCUT2D eigenvalue weighted by Gasteiger charge is 2.33. The number of hydrogen-bond donors (Lipinski definition) is 2. The monoisotopic (exact) mass is 311 g/mol. The van der Waals surface area contributed by atoms with Crippen LogP contribution < -0.4 is 5.32 Å². The van der Waals surface area contributed by atoms with Crippen LogP contribution in [0.25, 0.3) is 0 Å². The number of alkyl halides is 3. The predicted octanol–water partition coefficient (Wildman–Crippen LogP) is 3.65. The van der Waals surface area contributed by atoms with Crippen molar-refractivity contribution in [3.05, 3.63) is 28.2 Å². The van der Waals surface area contributed by atoms with E-state index >= 15 is 0 Å². The first-order chi connectivity index (χ1) is 7.59. The Labute approximate surface area is 106 Å². The highest BCUT2D eigenvalue weighted by atomic mass is 79.9. The second kappa shape index (κ2) is 4.86. The fourth-order valence-electron chi connectivity index (χ4n) is 1.17. The fraction of sp³-hybridized carbons (Fsp3) is 0.455. The minimum absolute atomic E-state index is 0.00110. The van der Waals surface area contributed by atoms with E-state index in [2.05, 4.69) is 21.2 Å². The molecular weight excluding hydrogens is 299 g/mol. The van der Waals surface area contributed by atoms with Crippen LogP contribution in [0.15, 0.2) is 22.7 Å². The van der Waals surface area contributed by atoms with Gasteiger partial charge in [-0.15, -0.1) is 0 Å². The van der Waals surface area contributed by atoms with Crippen molar-refractivity contribution in [3.8, 4) is 0 Å². The maximum absolute atomic E-state index is 12.6. The van der Waals surface area contributed by atoms with E-state index in [4.69, 9.17) is 0 Å². The fourth-order valence-corrected chi connectivity index (χ4v) is 1.64. The Morgan fingerprint density at radius 1 is 1.29 bits per heavy atom. The molecule has 0 heterocycles. The summed E-state index contributed by atoms with van der Waals surface area (Å²) in [5.74, 6) is 0. The second-order valence-corrected chi connectivity index (χ2v) is 5.21. The molecule has 0 aromatic heterocycles. The maximum Gasteiger partial charge on any atom is 0.417 e. The number of hydrogen-bond acceptors (Lipinski definition) is 2. The first-order valence-corrected chi connectivity index (χ1v) is 5.72. The van der Waals surface area contributed by atoms with Gasteiger partial charge in [0.15, 0.2) is 0 Å². The van der Waals surface area contributed by atoms with Gasteiger partial charge in [-0.05, 0) is 32.0 Å². The Kier molecular flexibility index (Phi) is 4.09. The highest BCUT2D eigenvalue weighted by Crippen LogP contribution is 2.36. The molecule has 1 aromatic carbocycles. The van der Waals surface area contributed by atoms with Gasteiger partial charge in [0.05, 0.1) is 11.2 Å². The van der Waals surface area contributed by atoms with Crippen molar-refractivity contribution in [2.75, 3.05) is 11.9 Å². The molecule has 17 heavy (non-hydrogen) atoms. The van der Waals surface area contributed by atoms with Gasteiger partial charge in [-0.1, -0.05) is 15.9 Å². The summed E-state index contributed by atoms with van der Waals surface area (Å²) in [6, 6.07) is 3.86. The zero-order chi connectivity index (χ0) is 13.3.